The molecular weight excluding hydrogens is 144 g/mol. The van der Waals surface area contributed by atoms with Crippen LogP contribution >= 0.6 is 0 Å². The summed E-state index contributed by atoms with van der Waals surface area (Å²) < 4.78 is 0. The van der Waals surface area contributed by atoms with Crippen LogP contribution in [0, 0.1) is 5.92 Å². The van der Waals surface area contributed by atoms with Crippen molar-refractivity contribution in [1.29, 1.82) is 0 Å². The molecule has 0 saturated carbocycles. The van der Waals surface area contributed by atoms with Crippen LogP contribution in [0.2, 0.25) is 0 Å². The van der Waals surface area contributed by atoms with Crippen molar-refractivity contribution in [1.82, 2.24) is 0 Å². The van der Waals surface area contributed by atoms with Crippen molar-refractivity contribution in [2.45, 2.75) is 20.8 Å². The Bertz CT molecular complexity index is 194. The highest BCUT2D eigenvalue weighted by molar-refractivity contribution is 5.45. The normalized spacial score (nSPS) is 8.67. The van der Waals surface area contributed by atoms with Gasteiger partial charge in [0.1, 0.15) is 0 Å². The van der Waals surface area contributed by atoms with Gasteiger partial charge in [0.05, 0.1) is 0 Å². The lowest BCUT2D eigenvalue weighted by atomic mass is 10.2. The van der Waals surface area contributed by atoms with Crippen molar-refractivity contribution in [3.8, 4) is 0 Å². The Kier molecular flexibility index (Phi) is 6.08. The fraction of sp³-hybridized carbons (Fsp3) is 0.333. The Hall–Kier alpha value is -1.04. The summed E-state index contributed by atoms with van der Waals surface area (Å²) in [5, 5.41) is 0. The maximum Gasteiger partial charge on any atom is -0.0263 e. The Morgan fingerprint density at radius 2 is 1.50 bits per heavy atom. The summed E-state index contributed by atoms with van der Waals surface area (Å²) in [5.74, 6) is 0.833. The molecule has 0 N–H and O–H groups in total. The molecule has 0 nitrogen and oxygen atoms in total. The number of hydrogen-bond donors (Lipinski definition) is 0. The van der Waals surface area contributed by atoms with E-state index in [0.29, 0.717) is 0 Å². The van der Waals surface area contributed by atoms with Crippen LogP contribution in [0.25, 0.3) is 6.08 Å². The Balaban J connectivity index is 0.000000261. The Morgan fingerprint density at radius 1 is 1.08 bits per heavy atom. The van der Waals surface area contributed by atoms with Gasteiger partial charge in [0.15, 0.2) is 0 Å². The van der Waals surface area contributed by atoms with Gasteiger partial charge in [0.2, 0.25) is 0 Å². The molecule has 0 saturated heterocycles. The standard InChI is InChI=1S/C8H8.C4H10/c1-2-8-6-4-3-5-7-8;1-4(2)3/h2-7H,1H2;4H,1-3H3. The molecule has 0 aliphatic carbocycles. The first-order chi connectivity index (χ1) is 5.66. The van der Waals surface area contributed by atoms with Crippen molar-refractivity contribution >= 4 is 6.08 Å². The van der Waals surface area contributed by atoms with Crippen molar-refractivity contribution in [2.75, 3.05) is 0 Å². The maximum absolute atomic E-state index is 3.63. The Labute approximate surface area is 75.9 Å². The van der Waals surface area contributed by atoms with Gasteiger partial charge in [-0.15, -0.1) is 0 Å². The van der Waals surface area contributed by atoms with Crippen LogP contribution in [0.4, 0.5) is 0 Å². The van der Waals surface area contributed by atoms with Crippen LogP contribution in [-0.4, -0.2) is 0 Å². The van der Waals surface area contributed by atoms with Gasteiger partial charge in [-0.2, -0.15) is 0 Å². The van der Waals surface area contributed by atoms with Gasteiger partial charge < -0.3 is 0 Å². The minimum absolute atomic E-state index is 0.833. The average Bonchev–Trinajstić information content (AvgIpc) is 2.05. The lowest BCUT2D eigenvalue weighted by Gasteiger charge is -1.85. The third kappa shape index (κ3) is 7.07. The predicted molar refractivity (Wildman–Crippen MR) is 57.0 cm³/mol. The fourth-order valence-corrected chi connectivity index (χ4v) is 0.589. The molecule has 0 amide bonds. The van der Waals surface area contributed by atoms with Gasteiger partial charge in [0.25, 0.3) is 0 Å². The third-order valence-corrected chi connectivity index (χ3v) is 1.04. The minimum atomic E-state index is 0.833. The molecule has 0 bridgehead atoms. The highest BCUT2D eigenvalue weighted by Crippen LogP contribution is 1.97. The first kappa shape index (κ1) is 11.0. The van der Waals surface area contributed by atoms with E-state index in [-0.39, 0.29) is 0 Å². The van der Waals surface area contributed by atoms with E-state index < -0.39 is 0 Å². The van der Waals surface area contributed by atoms with E-state index in [1.165, 1.54) is 5.56 Å². The number of rotatable bonds is 1. The monoisotopic (exact) mass is 162 g/mol. The zero-order valence-electron chi connectivity index (χ0n) is 8.25. The lowest BCUT2D eigenvalue weighted by molar-refractivity contribution is 0.737. The molecule has 12 heavy (non-hydrogen) atoms. The SMILES string of the molecule is C=Cc1ccccc1.CC(C)C. The molecule has 0 heteroatoms. The molecule has 0 aromatic heterocycles. The van der Waals surface area contributed by atoms with Gasteiger partial charge in [0, 0.05) is 0 Å². The zero-order chi connectivity index (χ0) is 9.40. The van der Waals surface area contributed by atoms with Crippen molar-refractivity contribution in [2.24, 2.45) is 5.92 Å². The van der Waals surface area contributed by atoms with E-state index in [9.17, 15) is 0 Å². The molecule has 0 spiro atoms. The summed E-state index contributed by atoms with van der Waals surface area (Å²) in [5.41, 5.74) is 1.17. The molecule has 0 atom stereocenters. The molecule has 66 valence electrons. The zero-order valence-corrected chi connectivity index (χ0v) is 8.25. The summed E-state index contributed by atoms with van der Waals surface area (Å²) >= 11 is 0. The summed E-state index contributed by atoms with van der Waals surface area (Å²) in [7, 11) is 0. The molecule has 0 unspecified atom stereocenters. The minimum Gasteiger partial charge on any atom is -0.0985 e. The second-order valence-electron chi connectivity index (χ2n) is 3.35. The lowest BCUT2D eigenvalue weighted by Crippen LogP contribution is -1.66. The largest absolute Gasteiger partial charge is 0.0985 e. The number of hydrogen-bond acceptors (Lipinski definition) is 0. The highest BCUT2D eigenvalue weighted by atomic mass is 13.8. The van der Waals surface area contributed by atoms with E-state index in [2.05, 4.69) is 27.4 Å². The molecular formula is C12H18. The molecule has 1 aromatic rings. The summed E-state index contributed by atoms with van der Waals surface area (Å²) in [4.78, 5) is 0. The molecule has 0 aliphatic rings. The van der Waals surface area contributed by atoms with Crippen LogP contribution in [0.1, 0.15) is 26.3 Å². The molecule has 1 aromatic carbocycles. The van der Waals surface area contributed by atoms with Crippen molar-refractivity contribution in [3.63, 3.8) is 0 Å². The van der Waals surface area contributed by atoms with Gasteiger partial charge in [-0.3, -0.25) is 0 Å². The van der Waals surface area contributed by atoms with Crippen LogP contribution in [0.5, 0.6) is 0 Å². The molecule has 1 rings (SSSR count). The van der Waals surface area contributed by atoms with Crippen molar-refractivity contribution < 1.29 is 0 Å². The van der Waals surface area contributed by atoms with E-state index in [1.807, 2.05) is 36.4 Å². The summed E-state index contributed by atoms with van der Waals surface area (Å²) in [6.07, 6.45) is 1.83. The van der Waals surface area contributed by atoms with E-state index in [4.69, 9.17) is 0 Å². The van der Waals surface area contributed by atoms with Gasteiger partial charge >= 0.3 is 0 Å². The fourth-order valence-electron chi connectivity index (χ4n) is 0.589. The first-order valence-corrected chi connectivity index (χ1v) is 4.34. The third-order valence-electron chi connectivity index (χ3n) is 1.04. The number of benzene rings is 1. The van der Waals surface area contributed by atoms with Crippen LogP contribution < -0.4 is 0 Å². The second-order valence-corrected chi connectivity index (χ2v) is 3.35. The molecule has 0 radical (unpaired) electrons. The second kappa shape index (κ2) is 6.66. The van der Waals surface area contributed by atoms with Gasteiger partial charge in [-0.05, 0) is 11.5 Å². The van der Waals surface area contributed by atoms with E-state index in [0.717, 1.165) is 5.92 Å². The summed E-state index contributed by atoms with van der Waals surface area (Å²) in [6.45, 7) is 10.1. The first-order valence-electron chi connectivity index (χ1n) is 4.34. The van der Waals surface area contributed by atoms with Crippen molar-refractivity contribution in [3.05, 3.63) is 42.5 Å². The Morgan fingerprint density at radius 3 is 1.75 bits per heavy atom. The van der Waals surface area contributed by atoms with E-state index in [1.54, 1.807) is 0 Å². The topological polar surface area (TPSA) is 0 Å². The maximum atomic E-state index is 3.63. The predicted octanol–water partition coefficient (Wildman–Crippen LogP) is 3.99. The quantitative estimate of drug-likeness (QED) is 0.585. The average molecular weight is 162 g/mol. The summed E-state index contributed by atoms with van der Waals surface area (Å²) in [6, 6.07) is 10.0. The smallest absolute Gasteiger partial charge is 0.0263 e. The van der Waals surface area contributed by atoms with Crippen LogP contribution in [-0.2, 0) is 0 Å². The highest BCUT2D eigenvalue weighted by Gasteiger charge is 1.75. The van der Waals surface area contributed by atoms with Gasteiger partial charge in [-0.25, -0.2) is 0 Å². The molecule has 0 fully saturated rings. The van der Waals surface area contributed by atoms with E-state index >= 15 is 0 Å². The van der Waals surface area contributed by atoms with Crippen LogP contribution in [0.3, 0.4) is 0 Å². The van der Waals surface area contributed by atoms with Gasteiger partial charge in [-0.1, -0.05) is 63.8 Å². The molecule has 0 aliphatic heterocycles. The molecule has 0 heterocycles. The van der Waals surface area contributed by atoms with Crippen LogP contribution in [0.15, 0.2) is 36.9 Å².